The van der Waals surface area contributed by atoms with E-state index in [1.54, 1.807) is 0 Å². The molecule has 1 amide bonds. The molecule has 1 N–H and O–H groups in total. The molecular formula is C14H20N2O. The number of hydrogen-bond acceptors (Lipinski definition) is 2. The maximum Gasteiger partial charge on any atom is 0.241 e. The molecule has 17 heavy (non-hydrogen) atoms. The summed E-state index contributed by atoms with van der Waals surface area (Å²) in [5.41, 5.74) is 2.19. The molecule has 0 saturated carbocycles. The summed E-state index contributed by atoms with van der Waals surface area (Å²) >= 11 is 0. The molecule has 1 aromatic carbocycles. The van der Waals surface area contributed by atoms with Crippen LogP contribution < -0.4 is 5.32 Å². The standard InChI is InChI=1S/C14H20N2O/c1-3-11-6-8-12(9-7-11)15-14(17)13-5-4-10-16(13)2/h6-9,13H,3-5,10H2,1-2H3,(H,15,17)/t13-/m0/s1. The molecule has 0 aliphatic carbocycles. The van der Waals surface area contributed by atoms with Gasteiger partial charge in [-0.3, -0.25) is 9.69 Å². The third kappa shape index (κ3) is 2.86. The van der Waals surface area contributed by atoms with E-state index in [0.29, 0.717) is 0 Å². The van der Waals surface area contributed by atoms with E-state index in [1.807, 2.05) is 19.2 Å². The van der Waals surface area contributed by atoms with E-state index in [0.717, 1.165) is 31.5 Å². The molecule has 0 aromatic heterocycles. The van der Waals surface area contributed by atoms with Crippen LogP contribution in [-0.2, 0) is 11.2 Å². The van der Waals surface area contributed by atoms with Gasteiger partial charge in [-0.25, -0.2) is 0 Å². The van der Waals surface area contributed by atoms with E-state index in [9.17, 15) is 4.79 Å². The summed E-state index contributed by atoms with van der Waals surface area (Å²) in [6.45, 7) is 3.15. The van der Waals surface area contributed by atoms with Crippen LogP contribution in [0.1, 0.15) is 25.3 Å². The Labute approximate surface area is 103 Å². The fraction of sp³-hybridized carbons (Fsp3) is 0.500. The number of carbonyl (C=O) groups excluding carboxylic acids is 1. The molecule has 2 rings (SSSR count). The Kier molecular flexibility index (Phi) is 3.79. The van der Waals surface area contributed by atoms with Gasteiger partial charge in [-0.1, -0.05) is 19.1 Å². The summed E-state index contributed by atoms with van der Waals surface area (Å²) in [5, 5.41) is 2.98. The van der Waals surface area contributed by atoms with Gasteiger partial charge in [-0.05, 0) is 50.6 Å². The summed E-state index contributed by atoms with van der Waals surface area (Å²) < 4.78 is 0. The Morgan fingerprint density at radius 2 is 2.12 bits per heavy atom. The number of carbonyl (C=O) groups is 1. The zero-order valence-corrected chi connectivity index (χ0v) is 10.6. The molecule has 3 heteroatoms. The topological polar surface area (TPSA) is 32.3 Å². The highest BCUT2D eigenvalue weighted by Crippen LogP contribution is 2.17. The third-order valence-electron chi connectivity index (χ3n) is 3.45. The maximum atomic E-state index is 12.0. The van der Waals surface area contributed by atoms with E-state index in [-0.39, 0.29) is 11.9 Å². The molecule has 1 aromatic rings. The van der Waals surface area contributed by atoms with Crippen LogP contribution in [0.25, 0.3) is 0 Å². The Morgan fingerprint density at radius 1 is 1.41 bits per heavy atom. The van der Waals surface area contributed by atoms with Gasteiger partial charge in [0, 0.05) is 5.69 Å². The number of anilines is 1. The SMILES string of the molecule is CCc1ccc(NC(=O)[C@@H]2CCCN2C)cc1. The van der Waals surface area contributed by atoms with Crippen LogP contribution in [0.5, 0.6) is 0 Å². The summed E-state index contributed by atoms with van der Waals surface area (Å²) in [5.74, 6) is 0.120. The lowest BCUT2D eigenvalue weighted by Crippen LogP contribution is -2.37. The monoisotopic (exact) mass is 232 g/mol. The van der Waals surface area contributed by atoms with Crippen LogP contribution >= 0.6 is 0 Å². The minimum Gasteiger partial charge on any atom is -0.325 e. The second-order valence-electron chi connectivity index (χ2n) is 4.68. The lowest BCUT2D eigenvalue weighted by Gasteiger charge is -2.18. The molecule has 0 spiro atoms. The molecule has 1 aliphatic rings. The molecule has 1 fully saturated rings. The average Bonchev–Trinajstić information content (AvgIpc) is 2.76. The van der Waals surface area contributed by atoms with Gasteiger partial charge in [0.25, 0.3) is 0 Å². The summed E-state index contributed by atoms with van der Waals surface area (Å²) in [6, 6.07) is 8.13. The Bertz CT molecular complexity index is 386. The van der Waals surface area contributed by atoms with E-state index in [2.05, 4.69) is 29.3 Å². The predicted octanol–water partition coefficient (Wildman–Crippen LogP) is 2.28. The predicted molar refractivity (Wildman–Crippen MR) is 70.1 cm³/mol. The molecular weight excluding hydrogens is 212 g/mol. The van der Waals surface area contributed by atoms with Crippen molar-refractivity contribution in [1.82, 2.24) is 4.90 Å². The second-order valence-corrected chi connectivity index (χ2v) is 4.68. The smallest absolute Gasteiger partial charge is 0.241 e. The number of aryl methyl sites for hydroxylation is 1. The number of likely N-dealkylation sites (tertiary alicyclic amines) is 1. The lowest BCUT2D eigenvalue weighted by molar-refractivity contribution is -0.119. The number of benzene rings is 1. The van der Waals surface area contributed by atoms with Gasteiger partial charge in [-0.2, -0.15) is 0 Å². The van der Waals surface area contributed by atoms with Gasteiger partial charge in [0.05, 0.1) is 6.04 Å². The van der Waals surface area contributed by atoms with Crippen LogP contribution in [0.3, 0.4) is 0 Å². The third-order valence-corrected chi connectivity index (χ3v) is 3.45. The van der Waals surface area contributed by atoms with Crippen molar-refractivity contribution in [3.63, 3.8) is 0 Å². The number of nitrogens with one attached hydrogen (secondary N) is 1. The zero-order valence-electron chi connectivity index (χ0n) is 10.6. The molecule has 1 saturated heterocycles. The minimum atomic E-state index is 0.0425. The molecule has 0 radical (unpaired) electrons. The average molecular weight is 232 g/mol. The quantitative estimate of drug-likeness (QED) is 0.867. The number of nitrogens with zero attached hydrogens (tertiary/aromatic N) is 1. The number of rotatable bonds is 3. The molecule has 0 unspecified atom stereocenters. The van der Waals surface area contributed by atoms with Gasteiger partial charge in [0.1, 0.15) is 0 Å². The fourth-order valence-corrected chi connectivity index (χ4v) is 2.29. The van der Waals surface area contributed by atoms with Crippen molar-refractivity contribution < 1.29 is 4.79 Å². The number of amides is 1. The van der Waals surface area contributed by atoms with Crippen molar-refractivity contribution in [2.45, 2.75) is 32.2 Å². The highest BCUT2D eigenvalue weighted by molar-refractivity contribution is 5.94. The van der Waals surface area contributed by atoms with Gasteiger partial charge < -0.3 is 5.32 Å². The normalized spacial score (nSPS) is 20.5. The minimum absolute atomic E-state index is 0.0425. The van der Waals surface area contributed by atoms with Crippen LogP contribution in [0.4, 0.5) is 5.69 Å². The van der Waals surface area contributed by atoms with Gasteiger partial charge in [0.15, 0.2) is 0 Å². The highest BCUT2D eigenvalue weighted by atomic mass is 16.2. The van der Waals surface area contributed by atoms with Crippen molar-refractivity contribution in [3.05, 3.63) is 29.8 Å². The Morgan fingerprint density at radius 3 is 2.65 bits per heavy atom. The Balaban J connectivity index is 1.97. The van der Waals surface area contributed by atoms with Crippen molar-refractivity contribution in [2.24, 2.45) is 0 Å². The first kappa shape index (κ1) is 12.1. The van der Waals surface area contributed by atoms with Gasteiger partial charge >= 0.3 is 0 Å². The lowest BCUT2D eigenvalue weighted by atomic mass is 10.1. The van der Waals surface area contributed by atoms with Crippen LogP contribution in [0.2, 0.25) is 0 Å². The van der Waals surface area contributed by atoms with E-state index in [4.69, 9.17) is 0 Å². The summed E-state index contributed by atoms with van der Waals surface area (Å²) in [6.07, 6.45) is 3.11. The van der Waals surface area contributed by atoms with Crippen molar-refractivity contribution in [1.29, 1.82) is 0 Å². The first-order valence-electron chi connectivity index (χ1n) is 6.30. The number of hydrogen-bond donors (Lipinski definition) is 1. The van der Waals surface area contributed by atoms with Gasteiger partial charge in [-0.15, -0.1) is 0 Å². The Hall–Kier alpha value is -1.35. The first-order chi connectivity index (χ1) is 8.20. The molecule has 1 atom stereocenters. The van der Waals surface area contributed by atoms with Crippen LogP contribution in [0, 0.1) is 0 Å². The summed E-state index contributed by atoms with van der Waals surface area (Å²) in [7, 11) is 2.01. The summed E-state index contributed by atoms with van der Waals surface area (Å²) in [4.78, 5) is 14.1. The van der Waals surface area contributed by atoms with E-state index >= 15 is 0 Å². The fourth-order valence-electron chi connectivity index (χ4n) is 2.29. The van der Waals surface area contributed by atoms with E-state index in [1.165, 1.54) is 5.56 Å². The van der Waals surface area contributed by atoms with Crippen LogP contribution in [0.15, 0.2) is 24.3 Å². The highest BCUT2D eigenvalue weighted by Gasteiger charge is 2.27. The van der Waals surface area contributed by atoms with Crippen LogP contribution in [-0.4, -0.2) is 30.4 Å². The van der Waals surface area contributed by atoms with Gasteiger partial charge in [0.2, 0.25) is 5.91 Å². The van der Waals surface area contributed by atoms with E-state index < -0.39 is 0 Å². The maximum absolute atomic E-state index is 12.0. The van der Waals surface area contributed by atoms with Crippen molar-refractivity contribution >= 4 is 11.6 Å². The molecule has 3 nitrogen and oxygen atoms in total. The largest absolute Gasteiger partial charge is 0.325 e. The first-order valence-corrected chi connectivity index (χ1v) is 6.30. The second kappa shape index (κ2) is 5.32. The zero-order chi connectivity index (χ0) is 12.3. The molecule has 0 bridgehead atoms. The molecule has 1 aliphatic heterocycles. The van der Waals surface area contributed by atoms with Crippen molar-refractivity contribution in [2.75, 3.05) is 18.9 Å². The molecule has 1 heterocycles. The molecule has 92 valence electrons. The number of likely N-dealkylation sites (N-methyl/N-ethyl adjacent to an activating group) is 1. The van der Waals surface area contributed by atoms with Crippen molar-refractivity contribution in [3.8, 4) is 0 Å².